The molecule has 0 fully saturated rings. The molecule has 0 aliphatic carbocycles. The number of aryl methyl sites for hydroxylation is 1. The minimum atomic E-state index is 1.06. The van der Waals surface area contributed by atoms with E-state index in [0.29, 0.717) is 0 Å². The summed E-state index contributed by atoms with van der Waals surface area (Å²) in [4.78, 5) is 4.00. The topological polar surface area (TPSA) is 12.4 Å². The first-order chi connectivity index (χ1) is 7.31. The minimum absolute atomic E-state index is 1.06. The van der Waals surface area contributed by atoms with Crippen LogP contribution in [0, 0.1) is 0 Å². The van der Waals surface area contributed by atoms with Gasteiger partial charge in [0.05, 0.1) is 0 Å². The van der Waals surface area contributed by atoms with Gasteiger partial charge in [0.2, 0.25) is 0 Å². The second-order valence-electron chi connectivity index (χ2n) is 2.91. The molecule has 0 radical (unpaired) electrons. The molecule has 0 spiro atoms. The normalized spacial score (nSPS) is 9.60. The van der Waals surface area contributed by atoms with Crippen molar-refractivity contribution in [2.24, 2.45) is 4.99 Å². The summed E-state index contributed by atoms with van der Waals surface area (Å²) in [5, 5.41) is 0. The second kappa shape index (κ2) is 7.98. The van der Waals surface area contributed by atoms with Crippen molar-refractivity contribution in [2.75, 3.05) is 7.05 Å². The number of benzene rings is 1. The minimum Gasteiger partial charge on any atom is -0.296 e. The van der Waals surface area contributed by atoms with Crippen LogP contribution in [0.4, 0.5) is 0 Å². The highest BCUT2D eigenvalue weighted by atomic mass is 14.6. The van der Waals surface area contributed by atoms with E-state index in [4.69, 9.17) is 0 Å². The Bertz CT molecular complexity index is 324. The van der Waals surface area contributed by atoms with E-state index in [1.54, 1.807) is 7.05 Å². The van der Waals surface area contributed by atoms with Crippen molar-refractivity contribution in [1.29, 1.82) is 0 Å². The maximum atomic E-state index is 4.00. The molecule has 0 bridgehead atoms. The standard InChI is InChI=1S/C12H15N.C2H6/c1-4-10-6-7-12(9-13-3)11(5-2)8-10;1-2/h5-9H,2,4H2,1,3H3;1-2H3. The Morgan fingerprint density at radius 2 is 1.93 bits per heavy atom. The van der Waals surface area contributed by atoms with Gasteiger partial charge in [-0.25, -0.2) is 0 Å². The van der Waals surface area contributed by atoms with E-state index in [0.717, 1.165) is 17.5 Å². The van der Waals surface area contributed by atoms with Gasteiger partial charge in [-0.15, -0.1) is 0 Å². The van der Waals surface area contributed by atoms with Crippen molar-refractivity contribution in [3.63, 3.8) is 0 Å². The molecule has 0 heterocycles. The van der Waals surface area contributed by atoms with Crippen molar-refractivity contribution in [3.8, 4) is 0 Å². The molecule has 0 saturated carbocycles. The molecule has 0 N–H and O–H groups in total. The molecule has 1 nitrogen and oxygen atoms in total. The number of hydrogen-bond donors (Lipinski definition) is 0. The van der Waals surface area contributed by atoms with Gasteiger partial charge in [0.25, 0.3) is 0 Å². The van der Waals surface area contributed by atoms with E-state index in [2.05, 4.69) is 36.7 Å². The van der Waals surface area contributed by atoms with Crippen molar-refractivity contribution in [2.45, 2.75) is 27.2 Å². The van der Waals surface area contributed by atoms with Crippen molar-refractivity contribution in [1.82, 2.24) is 0 Å². The summed E-state index contributed by atoms with van der Waals surface area (Å²) < 4.78 is 0. The third-order valence-corrected chi connectivity index (χ3v) is 2.05. The molecular formula is C14H21N. The Balaban J connectivity index is 0.000000921. The third kappa shape index (κ3) is 4.11. The highest BCUT2D eigenvalue weighted by Gasteiger charge is 1.96. The summed E-state index contributed by atoms with van der Waals surface area (Å²) in [6, 6.07) is 6.37. The maximum Gasteiger partial charge on any atom is 0.0287 e. The van der Waals surface area contributed by atoms with Gasteiger partial charge >= 0.3 is 0 Å². The lowest BCUT2D eigenvalue weighted by molar-refractivity contribution is 1.14. The molecule has 0 atom stereocenters. The Morgan fingerprint density at radius 1 is 1.27 bits per heavy atom. The van der Waals surface area contributed by atoms with Crippen molar-refractivity contribution < 1.29 is 0 Å². The van der Waals surface area contributed by atoms with E-state index in [1.165, 1.54) is 5.56 Å². The van der Waals surface area contributed by atoms with Gasteiger partial charge in [-0.3, -0.25) is 4.99 Å². The van der Waals surface area contributed by atoms with E-state index >= 15 is 0 Å². The van der Waals surface area contributed by atoms with Gasteiger partial charge < -0.3 is 0 Å². The highest BCUT2D eigenvalue weighted by molar-refractivity contribution is 5.85. The molecule has 1 heteroatoms. The predicted octanol–water partition coefficient (Wildman–Crippen LogP) is 3.97. The van der Waals surface area contributed by atoms with Gasteiger partial charge in [-0.05, 0) is 23.1 Å². The van der Waals surface area contributed by atoms with Crippen molar-refractivity contribution >= 4 is 12.3 Å². The molecule has 15 heavy (non-hydrogen) atoms. The number of hydrogen-bond acceptors (Lipinski definition) is 1. The zero-order valence-electron chi connectivity index (χ0n) is 10.2. The summed E-state index contributed by atoms with van der Waals surface area (Å²) in [6.45, 7) is 9.94. The monoisotopic (exact) mass is 203 g/mol. The van der Waals surface area contributed by atoms with Crippen LogP contribution in [-0.2, 0) is 6.42 Å². The predicted molar refractivity (Wildman–Crippen MR) is 70.8 cm³/mol. The first-order valence-electron chi connectivity index (χ1n) is 5.49. The van der Waals surface area contributed by atoms with Crippen molar-refractivity contribution in [3.05, 3.63) is 41.5 Å². The van der Waals surface area contributed by atoms with Crippen LogP contribution in [-0.4, -0.2) is 13.3 Å². The first-order valence-corrected chi connectivity index (χ1v) is 5.49. The van der Waals surface area contributed by atoms with Gasteiger partial charge in [0.1, 0.15) is 0 Å². The van der Waals surface area contributed by atoms with Gasteiger partial charge in [-0.1, -0.05) is 51.6 Å². The van der Waals surface area contributed by atoms with Gasteiger partial charge in [-0.2, -0.15) is 0 Å². The first kappa shape index (κ1) is 13.6. The molecule has 82 valence electrons. The maximum absolute atomic E-state index is 4.00. The van der Waals surface area contributed by atoms with E-state index in [1.807, 2.05) is 26.1 Å². The molecule has 0 aliphatic rings. The summed E-state index contributed by atoms with van der Waals surface area (Å²) in [6.07, 6.45) is 4.79. The van der Waals surface area contributed by atoms with E-state index < -0.39 is 0 Å². The fourth-order valence-corrected chi connectivity index (χ4v) is 1.28. The summed E-state index contributed by atoms with van der Waals surface area (Å²) in [5.41, 5.74) is 3.63. The molecule has 1 aromatic rings. The zero-order valence-corrected chi connectivity index (χ0v) is 10.2. The van der Waals surface area contributed by atoms with E-state index in [9.17, 15) is 0 Å². The van der Waals surface area contributed by atoms with Crippen LogP contribution in [0.3, 0.4) is 0 Å². The largest absolute Gasteiger partial charge is 0.296 e. The van der Waals surface area contributed by atoms with Crippen LogP contribution in [0.2, 0.25) is 0 Å². The van der Waals surface area contributed by atoms with Crippen LogP contribution in [0.15, 0.2) is 29.8 Å². The van der Waals surface area contributed by atoms with Gasteiger partial charge in [0, 0.05) is 13.3 Å². The molecule has 0 amide bonds. The van der Waals surface area contributed by atoms with E-state index in [-0.39, 0.29) is 0 Å². The number of aliphatic imine (C=N–C) groups is 1. The SMILES string of the molecule is C=Cc1cc(CC)ccc1C=NC.CC. The molecule has 1 rings (SSSR count). The van der Waals surface area contributed by atoms with Crippen LogP contribution in [0.25, 0.3) is 6.08 Å². The summed E-state index contributed by atoms with van der Waals surface area (Å²) in [5.74, 6) is 0. The second-order valence-corrected chi connectivity index (χ2v) is 2.91. The molecule has 1 aromatic carbocycles. The van der Waals surface area contributed by atoms with Crippen LogP contribution in [0.5, 0.6) is 0 Å². The van der Waals surface area contributed by atoms with Crippen LogP contribution < -0.4 is 0 Å². The molecule has 0 saturated heterocycles. The lowest BCUT2D eigenvalue weighted by Gasteiger charge is -2.02. The number of rotatable bonds is 3. The average Bonchev–Trinajstić information content (AvgIpc) is 2.32. The Morgan fingerprint density at radius 3 is 2.40 bits per heavy atom. The van der Waals surface area contributed by atoms with Gasteiger partial charge in [0.15, 0.2) is 0 Å². The fourth-order valence-electron chi connectivity index (χ4n) is 1.28. The Labute approximate surface area is 93.6 Å². The average molecular weight is 203 g/mol. The Kier molecular flexibility index (Phi) is 7.25. The molecule has 0 aliphatic heterocycles. The lowest BCUT2D eigenvalue weighted by atomic mass is 10.0. The summed E-state index contributed by atoms with van der Waals surface area (Å²) in [7, 11) is 1.78. The fraction of sp³-hybridized carbons (Fsp3) is 0.357. The quantitative estimate of drug-likeness (QED) is 0.659. The lowest BCUT2D eigenvalue weighted by Crippen LogP contribution is -1.89. The van der Waals surface area contributed by atoms with Crippen LogP contribution >= 0.6 is 0 Å². The third-order valence-electron chi connectivity index (χ3n) is 2.05. The molecule has 0 unspecified atom stereocenters. The molecular weight excluding hydrogens is 182 g/mol. The smallest absolute Gasteiger partial charge is 0.0287 e. The van der Waals surface area contributed by atoms with Crippen LogP contribution in [0.1, 0.15) is 37.5 Å². The highest BCUT2D eigenvalue weighted by Crippen LogP contribution is 2.12. The number of nitrogens with zero attached hydrogens (tertiary/aromatic N) is 1. The zero-order chi connectivity index (χ0) is 11.7. The molecule has 0 aromatic heterocycles. The summed E-state index contributed by atoms with van der Waals surface area (Å²) >= 11 is 0. The Hall–Kier alpha value is -1.37.